The smallest absolute Gasteiger partial charge is 0.203 e. The summed E-state index contributed by atoms with van der Waals surface area (Å²) in [5.74, 6) is 0.941. The van der Waals surface area contributed by atoms with Crippen LogP contribution < -0.4 is 10.2 Å². The third-order valence-corrected chi connectivity index (χ3v) is 7.01. The molecule has 0 amide bonds. The Morgan fingerprint density at radius 2 is 1.89 bits per heavy atom. The van der Waals surface area contributed by atoms with Gasteiger partial charge in [-0.15, -0.1) is 0 Å². The highest BCUT2D eigenvalue weighted by atomic mass is 15.3. The Labute approximate surface area is 202 Å². The SMILES string of the molecule is Cn1ccc2ccc(-c3cc(N[C@H]4CCN(c5nc6ccccc6[nH]5)C4)cc4nccnc34)cc21. The van der Waals surface area contributed by atoms with Crippen molar-refractivity contribution in [1.29, 1.82) is 0 Å². The molecular weight excluding hydrogens is 434 g/mol. The summed E-state index contributed by atoms with van der Waals surface area (Å²) in [6, 6.07) is 21.6. The predicted molar refractivity (Wildman–Crippen MR) is 142 cm³/mol. The highest BCUT2D eigenvalue weighted by molar-refractivity contribution is 5.97. The van der Waals surface area contributed by atoms with Crippen LogP contribution in [0.25, 0.3) is 44.1 Å². The molecule has 1 saturated heterocycles. The van der Waals surface area contributed by atoms with Crippen molar-refractivity contribution in [2.45, 2.75) is 12.5 Å². The molecule has 7 nitrogen and oxygen atoms in total. The molecule has 1 aliphatic heterocycles. The summed E-state index contributed by atoms with van der Waals surface area (Å²) in [6.07, 6.45) is 6.66. The monoisotopic (exact) mass is 459 g/mol. The molecule has 1 atom stereocenters. The van der Waals surface area contributed by atoms with E-state index in [-0.39, 0.29) is 0 Å². The van der Waals surface area contributed by atoms with E-state index in [9.17, 15) is 0 Å². The number of hydrogen-bond acceptors (Lipinski definition) is 5. The summed E-state index contributed by atoms with van der Waals surface area (Å²) in [6.45, 7) is 1.85. The van der Waals surface area contributed by atoms with Crippen molar-refractivity contribution >= 4 is 44.6 Å². The van der Waals surface area contributed by atoms with E-state index in [1.165, 1.54) is 10.9 Å². The number of hydrogen-bond donors (Lipinski definition) is 2. The molecule has 0 aliphatic carbocycles. The van der Waals surface area contributed by atoms with E-state index in [1.807, 2.05) is 18.2 Å². The molecule has 7 heteroatoms. The molecule has 0 saturated carbocycles. The zero-order chi connectivity index (χ0) is 23.4. The number of H-pyrrole nitrogens is 1. The second kappa shape index (κ2) is 7.84. The van der Waals surface area contributed by atoms with E-state index in [4.69, 9.17) is 4.98 Å². The maximum Gasteiger partial charge on any atom is 0.203 e. The van der Waals surface area contributed by atoms with Crippen molar-refractivity contribution in [3.05, 3.63) is 79.3 Å². The van der Waals surface area contributed by atoms with Gasteiger partial charge in [0.2, 0.25) is 5.95 Å². The maximum absolute atomic E-state index is 4.78. The Morgan fingerprint density at radius 3 is 2.83 bits per heavy atom. The van der Waals surface area contributed by atoms with Crippen molar-refractivity contribution < 1.29 is 0 Å². The van der Waals surface area contributed by atoms with Crippen LogP contribution >= 0.6 is 0 Å². The predicted octanol–water partition coefficient (Wildman–Crippen LogP) is 5.36. The molecule has 0 unspecified atom stereocenters. The average molecular weight is 460 g/mol. The Kier molecular flexibility index (Phi) is 4.48. The number of aromatic nitrogens is 5. The van der Waals surface area contributed by atoms with Crippen molar-refractivity contribution in [3.8, 4) is 11.1 Å². The van der Waals surface area contributed by atoms with Crippen LogP contribution in [0, 0.1) is 0 Å². The minimum atomic E-state index is 0.320. The van der Waals surface area contributed by atoms with Gasteiger partial charge in [-0.2, -0.15) is 0 Å². The van der Waals surface area contributed by atoms with Gasteiger partial charge in [0.05, 0.1) is 22.1 Å². The average Bonchev–Trinajstić information content (AvgIpc) is 3.62. The van der Waals surface area contributed by atoms with Gasteiger partial charge in [0.25, 0.3) is 0 Å². The topological polar surface area (TPSA) is 74.7 Å². The Bertz CT molecular complexity index is 1660. The lowest BCUT2D eigenvalue weighted by Crippen LogP contribution is -2.26. The van der Waals surface area contributed by atoms with Gasteiger partial charge >= 0.3 is 0 Å². The molecule has 172 valence electrons. The van der Waals surface area contributed by atoms with E-state index in [0.717, 1.165) is 64.3 Å². The molecular formula is C28H25N7. The number of rotatable bonds is 4. The third kappa shape index (κ3) is 3.47. The zero-order valence-electron chi connectivity index (χ0n) is 19.4. The lowest BCUT2D eigenvalue weighted by Gasteiger charge is -2.18. The Morgan fingerprint density at radius 1 is 0.971 bits per heavy atom. The molecule has 1 aliphatic rings. The zero-order valence-corrected chi connectivity index (χ0v) is 19.4. The molecule has 35 heavy (non-hydrogen) atoms. The summed E-state index contributed by atoms with van der Waals surface area (Å²) in [4.78, 5) is 19.9. The lowest BCUT2D eigenvalue weighted by molar-refractivity contribution is 0.805. The molecule has 1 fully saturated rings. The summed E-state index contributed by atoms with van der Waals surface area (Å²) >= 11 is 0. The fraction of sp³-hybridized carbons (Fsp3) is 0.179. The van der Waals surface area contributed by atoms with Crippen molar-refractivity contribution in [1.82, 2.24) is 24.5 Å². The van der Waals surface area contributed by atoms with Crippen molar-refractivity contribution in [2.75, 3.05) is 23.3 Å². The van der Waals surface area contributed by atoms with Crippen LogP contribution in [-0.4, -0.2) is 43.6 Å². The summed E-state index contributed by atoms with van der Waals surface area (Å²) in [5, 5.41) is 5.00. The van der Waals surface area contributed by atoms with Gasteiger partial charge < -0.3 is 19.8 Å². The van der Waals surface area contributed by atoms with Gasteiger partial charge in [0.15, 0.2) is 0 Å². The van der Waals surface area contributed by atoms with Crippen molar-refractivity contribution in [2.24, 2.45) is 7.05 Å². The van der Waals surface area contributed by atoms with Gasteiger partial charge in [-0.25, -0.2) is 4.98 Å². The quantitative estimate of drug-likeness (QED) is 0.371. The van der Waals surface area contributed by atoms with Crippen LogP contribution in [0.5, 0.6) is 0 Å². The molecule has 0 radical (unpaired) electrons. The molecule has 4 heterocycles. The first kappa shape index (κ1) is 20.0. The van der Waals surface area contributed by atoms with Crippen LogP contribution in [0.2, 0.25) is 0 Å². The molecule has 0 bridgehead atoms. The number of fused-ring (bicyclic) bond motifs is 3. The number of aryl methyl sites for hydroxylation is 1. The second-order valence-corrected chi connectivity index (χ2v) is 9.30. The van der Waals surface area contributed by atoms with E-state index < -0.39 is 0 Å². The second-order valence-electron chi connectivity index (χ2n) is 9.30. The van der Waals surface area contributed by atoms with Gasteiger partial charge in [-0.1, -0.05) is 24.3 Å². The molecule has 3 aromatic heterocycles. The largest absolute Gasteiger partial charge is 0.380 e. The minimum Gasteiger partial charge on any atom is -0.380 e. The van der Waals surface area contributed by atoms with E-state index in [1.54, 1.807) is 12.4 Å². The third-order valence-electron chi connectivity index (χ3n) is 7.01. The first-order valence-electron chi connectivity index (χ1n) is 12.0. The number of para-hydroxylation sites is 2. The summed E-state index contributed by atoms with van der Waals surface area (Å²) in [7, 11) is 2.08. The van der Waals surface area contributed by atoms with E-state index >= 15 is 0 Å². The number of benzene rings is 3. The number of anilines is 2. The molecule has 0 spiro atoms. The Balaban J connectivity index is 1.21. The van der Waals surface area contributed by atoms with E-state index in [0.29, 0.717) is 6.04 Å². The Hall–Kier alpha value is -4.39. The summed E-state index contributed by atoms with van der Waals surface area (Å²) in [5.41, 5.74) is 8.40. The van der Waals surface area contributed by atoms with Crippen LogP contribution in [0.15, 0.2) is 79.3 Å². The number of nitrogens with one attached hydrogen (secondary N) is 2. The highest BCUT2D eigenvalue weighted by Gasteiger charge is 2.25. The van der Waals surface area contributed by atoms with Crippen LogP contribution in [0.3, 0.4) is 0 Å². The van der Waals surface area contributed by atoms with Gasteiger partial charge in [0.1, 0.15) is 0 Å². The number of nitrogens with zero attached hydrogens (tertiary/aromatic N) is 5. The lowest BCUT2D eigenvalue weighted by atomic mass is 10.0. The summed E-state index contributed by atoms with van der Waals surface area (Å²) < 4.78 is 2.15. The maximum atomic E-state index is 4.78. The van der Waals surface area contributed by atoms with Crippen LogP contribution in [-0.2, 0) is 7.05 Å². The fourth-order valence-corrected chi connectivity index (χ4v) is 5.20. The minimum absolute atomic E-state index is 0.320. The van der Waals surface area contributed by atoms with Gasteiger partial charge in [0, 0.05) is 61.5 Å². The first-order chi connectivity index (χ1) is 17.2. The number of aromatic amines is 1. The molecule has 6 aromatic rings. The molecule has 7 rings (SSSR count). The molecule has 2 N–H and O–H groups in total. The molecule has 3 aromatic carbocycles. The van der Waals surface area contributed by atoms with Crippen LogP contribution in [0.4, 0.5) is 11.6 Å². The van der Waals surface area contributed by atoms with E-state index in [2.05, 4.69) is 85.4 Å². The normalized spacial score (nSPS) is 16.0. The number of imidazole rings is 1. The highest BCUT2D eigenvalue weighted by Crippen LogP contribution is 2.33. The fourth-order valence-electron chi connectivity index (χ4n) is 5.20. The van der Waals surface area contributed by atoms with Gasteiger partial charge in [-0.05, 0) is 53.8 Å². The first-order valence-corrected chi connectivity index (χ1v) is 12.0. The van der Waals surface area contributed by atoms with Crippen molar-refractivity contribution in [3.63, 3.8) is 0 Å². The standard InChI is InChI=1S/C28H25N7/c1-34-12-8-18-6-7-19(14-26(18)34)22-15-21(16-25-27(22)30-11-10-29-25)31-20-9-13-35(17-20)28-32-23-4-2-3-5-24(23)33-28/h2-8,10-12,14-16,20,31H,9,13,17H2,1H3,(H,32,33)/t20-/m0/s1. The van der Waals surface area contributed by atoms with Crippen LogP contribution in [0.1, 0.15) is 6.42 Å². The van der Waals surface area contributed by atoms with Gasteiger partial charge in [-0.3, -0.25) is 9.97 Å².